The Bertz CT molecular complexity index is 1130. The quantitative estimate of drug-likeness (QED) is 0.366. The van der Waals surface area contributed by atoms with E-state index in [0.717, 1.165) is 69.2 Å². The summed E-state index contributed by atoms with van der Waals surface area (Å²) in [5, 5.41) is 11.2. The van der Waals surface area contributed by atoms with Gasteiger partial charge in [-0.25, -0.2) is 4.98 Å². The topological polar surface area (TPSA) is 92.4 Å². The Kier molecular flexibility index (Phi) is 14.3. The molecule has 2 aliphatic rings. The smallest absolute Gasteiger partial charge is 0.213 e. The number of nitrogens with zero attached hydrogens (tertiary/aromatic N) is 3. The number of ether oxygens (including phenoxy) is 2. The number of methoxy groups -OCH3 is 1. The van der Waals surface area contributed by atoms with Crippen LogP contribution >= 0.6 is 0 Å². The fourth-order valence-electron chi connectivity index (χ4n) is 4.62. The molecular formula is C31H47N5O3. The molecule has 1 saturated heterocycles. The van der Waals surface area contributed by atoms with E-state index in [9.17, 15) is 0 Å². The van der Waals surface area contributed by atoms with Gasteiger partial charge in [-0.2, -0.15) is 5.10 Å². The molecule has 1 fully saturated rings. The van der Waals surface area contributed by atoms with Gasteiger partial charge in [0, 0.05) is 55.5 Å². The van der Waals surface area contributed by atoms with Crippen molar-refractivity contribution in [1.29, 1.82) is 0 Å². The molecule has 0 spiro atoms. The summed E-state index contributed by atoms with van der Waals surface area (Å²) >= 11 is 0. The number of hydrogen-bond acceptors (Lipinski definition) is 7. The first-order valence-electron chi connectivity index (χ1n) is 14.1. The molecule has 0 radical (unpaired) electrons. The van der Waals surface area contributed by atoms with E-state index in [1.807, 2.05) is 33.0 Å². The summed E-state index contributed by atoms with van der Waals surface area (Å²) in [6, 6.07) is 10.7. The maximum atomic E-state index is 8.81. The highest BCUT2D eigenvalue weighted by Gasteiger charge is 2.24. The second-order valence-electron chi connectivity index (χ2n) is 9.28. The maximum Gasteiger partial charge on any atom is 0.213 e. The van der Waals surface area contributed by atoms with E-state index in [-0.39, 0.29) is 0 Å². The Labute approximate surface area is 234 Å². The highest BCUT2D eigenvalue weighted by atomic mass is 16.5. The van der Waals surface area contributed by atoms with Crippen LogP contribution in [0.1, 0.15) is 64.3 Å². The minimum atomic E-state index is 0.636. The number of hydrogen-bond donors (Lipinski definition) is 2. The molecule has 1 atom stereocenters. The minimum Gasteiger partial charge on any atom is -0.481 e. The molecule has 4 heterocycles. The summed E-state index contributed by atoms with van der Waals surface area (Å²) in [5.41, 5.74) is 7.39. The molecule has 5 rings (SSSR count). The number of fused-ring (bicyclic) bond motifs is 1. The zero-order valence-electron chi connectivity index (χ0n) is 24.8. The van der Waals surface area contributed by atoms with Crippen LogP contribution in [0.2, 0.25) is 0 Å². The van der Waals surface area contributed by atoms with Crippen LogP contribution in [0.3, 0.4) is 0 Å². The maximum absolute atomic E-state index is 8.81. The number of pyridine rings is 1. The second kappa shape index (κ2) is 17.4. The number of benzene rings is 1. The average molecular weight is 538 g/mol. The first-order valence-corrected chi connectivity index (χ1v) is 14.1. The Morgan fingerprint density at radius 3 is 2.56 bits per heavy atom. The van der Waals surface area contributed by atoms with Gasteiger partial charge in [0.2, 0.25) is 5.88 Å². The molecule has 0 bridgehead atoms. The summed E-state index contributed by atoms with van der Waals surface area (Å²) in [4.78, 5) is 15.4. The third-order valence-corrected chi connectivity index (χ3v) is 6.53. The van der Waals surface area contributed by atoms with Crippen LogP contribution < -0.4 is 15.0 Å². The van der Waals surface area contributed by atoms with Gasteiger partial charge in [0.1, 0.15) is 6.29 Å². The van der Waals surface area contributed by atoms with Crippen LogP contribution in [0.15, 0.2) is 36.5 Å². The van der Waals surface area contributed by atoms with Gasteiger partial charge in [0.05, 0.1) is 7.11 Å². The monoisotopic (exact) mass is 537 g/mol. The molecule has 2 aliphatic heterocycles. The predicted molar refractivity (Wildman–Crippen MR) is 160 cm³/mol. The van der Waals surface area contributed by atoms with Crippen LogP contribution in [0.4, 0.5) is 11.5 Å². The molecule has 8 nitrogen and oxygen atoms in total. The largest absolute Gasteiger partial charge is 0.481 e. The van der Waals surface area contributed by atoms with Gasteiger partial charge in [-0.1, -0.05) is 33.8 Å². The van der Waals surface area contributed by atoms with Crippen LogP contribution in [0, 0.1) is 5.92 Å². The summed E-state index contributed by atoms with van der Waals surface area (Å²) in [6.07, 6.45) is 6.95. The van der Waals surface area contributed by atoms with Crippen LogP contribution in [-0.4, -0.2) is 55.4 Å². The van der Waals surface area contributed by atoms with Crippen LogP contribution in [0.25, 0.3) is 11.1 Å². The molecule has 0 saturated carbocycles. The Morgan fingerprint density at radius 2 is 1.97 bits per heavy atom. The Balaban J connectivity index is 0.000000411. The Hall–Kier alpha value is -3.23. The zero-order chi connectivity index (χ0) is 28.6. The van der Waals surface area contributed by atoms with Crippen LogP contribution in [0.5, 0.6) is 5.88 Å². The SMILES string of the molecule is CC.CC=O.CCc1[nH]nc(N2CCCc3cc(-c4ccnc(OC)c4)ccc32)c1CNC.C[C@H]1CCOC1. The lowest BCUT2D eigenvalue weighted by atomic mass is 9.96. The van der Waals surface area contributed by atoms with Crippen molar-refractivity contribution in [3.63, 3.8) is 0 Å². The number of nitrogens with one attached hydrogen (secondary N) is 2. The highest BCUT2D eigenvalue weighted by Crippen LogP contribution is 2.37. The molecule has 2 N–H and O–H groups in total. The van der Waals surface area contributed by atoms with Crippen LogP contribution in [-0.2, 0) is 28.9 Å². The van der Waals surface area contributed by atoms with E-state index in [4.69, 9.17) is 14.3 Å². The lowest BCUT2D eigenvalue weighted by Gasteiger charge is -2.31. The van der Waals surface area contributed by atoms with Crippen molar-refractivity contribution in [3.8, 4) is 17.0 Å². The van der Waals surface area contributed by atoms with E-state index in [1.54, 1.807) is 13.3 Å². The van der Waals surface area contributed by atoms with Crippen molar-refractivity contribution in [2.75, 3.05) is 38.8 Å². The molecule has 3 aromatic rings. The van der Waals surface area contributed by atoms with Gasteiger partial charge in [0.15, 0.2) is 5.82 Å². The molecular weight excluding hydrogens is 490 g/mol. The molecule has 214 valence electrons. The van der Waals surface area contributed by atoms with Crippen molar-refractivity contribution in [2.24, 2.45) is 5.92 Å². The normalized spacial score (nSPS) is 15.5. The summed E-state index contributed by atoms with van der Waals surface area (Å²) in [7, 11) is 3.63. The number of aryl methyl sites for hydroxylation is 2. The third-order valence-electron chi connectivity index (χ3n) is 6.53. The van der Waals surface area contributed by atoms with Gasteiger partial charge in [-0.15, -0.1) is 0 Å². The lowest BCUT2D eigenvalue weighted by molar-refractivity contribution is -0.106. The van der Waals surface area contributed by atoms with Crippen molar-refractivity contribution < 1.29 is 14.3 Å². The van der Waals surface area contributed by atoms with Crippen molar-refractivity contribution >= 4 is 17.8 Å². The van der Waals surface area contributed by atoms with Crippen molar-refractivity contribution in [3.05, 3.63) is 53.3 Å². The molecule has 0 unspecified atom stereocenters. The summed E-state index contributed by atoms with van der Waals surface area (Å²) < 4.78 is 10.3. The molecule has 0 amide bonds. The third kappa shape index (κ3) is 8.90. The zero-order valence-corrected chi connectivity index (χ0v) is 24.8. The first kappa shape index (κ1) is 32.0. The summed E-state index contributed by atoms with van der Waals surface area (Å²) in [5.74, 6) is 2.51. The molecule has 1 aromatic carbocycles. The fraction of sp³-hybridized carbons (Fsp3) is 0.516. The molecule has 0 aliphatic carbocycles. The van der Waals surface area contributed by atoms with Gasteiger partial charge in [-0.3, -0.25) is 5.10 Å². The average Bonchev–Trinajstić information content (AvgIpc) is 3.63. The number of aromatic nitrogens is 3. The van der Waals surface area contributed by atoms with Gasteiger partial charge in [0.25, 0.3) is 0 Å². The number of aromatic amines is 1. The second-order valence-corrected chi connectivity index (χ2v) is 9.28. The molecule has 39 heavy (non-hydrogen) atoms. The van der Waals surface area contributed by atoms with Gasteiger partial charge in [-0.05, 0) is 80.5 Å². The lowest BCUT2D eigenvalue weighted by Crippen LogP contribution is -2.26. The molecule has 8 heteroatoms. The van der Waals surface area contributed by atoms with E-state index in [2.05, 4.69) is 57.4 Å². The van der Waals surface area contributed by atoms with Crippen molar-refractivity contribution in [2.45, 2.75) is 66.8 Å². The molecule has 2 aromatic heterocycles. The Morgan fingerprint density at radius 1 is 1.23 bits per heavy atom. The van der Waals surface area contributed by atoms with E-state index < -0.39 is 0 Å². The number of aldehydes is 1. The highest BCUT2D eigenvalue weighted by molar-refractivity contribution is 5.74. The van der Waals surface area contributed by atoms with Gasteiger partial charge < -0.3 is 24.5 Å². The van der Waals surface area contributed by atoms with E-state index in [1.165, 1.54) is 41.4 Å². The van der Waals surface area contributed by atoms with E-state index >= 15 is 0 Å². The summed E-state index contributed by atoms with van der Waals surface area (Å²) in [6.45, 7) is 13.6. The van der Waals surface area contributed by atoms with Crippen molar-refractivity contribution in [1.82, 2.24) is 20.5 Å². The number of carbonyl (C=O) groups excluding carboxylic acids is 1. The number of carbonyl (C=O) groups is 1. The fourth-order valence-corrected chi connectivity index (χ4v) is 4.62. The minimum absolute atomic E-state index is 0.636. The number of anilines is 2. The predicted octanol–water partition coefficient (Wildman–Crippen LogP) is 6.12. The van der Waals surface area contributed by atoms with Gasteiger partial charge >= 0.3 is 0 Å². The number of H-pyrrole nitrogens is 1. The first-order chi connectivity index (χ1) is 19.1. The standard InChI is InChI=1S/C22H27N5O.C5H10O.C2H4O.C2H6/c1-4-19-18(14-23-2)22(26-25-19)27-11-5-6-17-12-15(7-8-20(17)27)16-9-10-24-21(13-16)28-3;1-5-2-3-6-4-5;1-2-3;1-2/h7-10,12-13,23H,4-6,11,14H2,1-3H3,(H,25,26);5H,2-4H2,1H3;2H,1H3;1-2H3/t;5-;;/m.0../s1. The van der Waals surface area contributed by atoms with E-state index in [0.29, 0.717) is 5.88 Å². The number of rotatable bonds is 6.